The SMILES string of the molecule is COc1ccc(S(=O)(=O)Nc2ccc(Oc3ccccc3)cc2)c(C)c1C. The first-order valence-electron chi connectivity index (χ1n) is 8.40. The van der Waals surface area contributed by atoms with Crippen molar-refractivity contribution in [3.63, 3.8) is 0 Å². The normalized spacial score (nSPS) is 11.1. The maximum absolute atomic E-state index is 12.8. The third-order valence-corrected chi connectivity index (χ3v) is 5.81. The minimum absolute atomic E-state index is 0.227. The van der Waals surface area contributed by atoms with Gasteiger partial charge in [0.15, 0.2) is 0 Å². The Morgan fingerprint density at radius 3 is 2.04 bits per heavy atom. The van der Waals surface area contributed by atoms with Crippen LogP contribution in [-0.2, 0) is 10.0 Å². The van der Waals surface area contributed by atoms with Crippen molar-refractivity contribution in [1.29, 1.82) is 0 Å². The van der Waals surface area contributed by atoms with Gasteiger partial charge in [0, 0.05) is 5.69 Å². The number of para-hydroxylation sites is 1. The number of anilines is 1. The molecule has 3 aromatic carbocycles. The van der Waals surface area contributed by atoms with Gasteiger partial charge in [-0.15, -0.1) is 0 Å². The van der Waals surface area contributed by atoms with E-state index in [1.807, 2.05) is 37.3 Å². The van der Waals surface area contributed by atoms with Crippen LogP contribution in [0.1, 0.15) is 11.1 Å². The highest BCUT2D eigenvalue weighted by Crippen LogP contribution is 2.29. The zero-order valence-electron chi connectivity index (χ0n) is 15.4. The number of nitrogens with one attached hydrogen (secondary N) is 1. The third kappa shape index (κ3) is 4.23. The van der Waals surface area contributed by atoms with Crippen LogP contribution in [0.25, 0.3) is 0 Å². The smallest absolute Gasteiger partial charge is 0.262 e. The number of hydrogen-bond acceptors (Lipinski definition) is 4. The second-order valence-electron chi connectivity index (χ2n) is 6.06. The maximum atomic E-state index is 12.8. The molecular weight excluding hydrogens is 362 g/mol. The molecule has 0 aliphatic carbocycles. The van der Waals surface area contributed by atoms with Crippen LogP contribution < -0.4 is 14.2 Å². The van der Waals surface area contributed by atoms with E-state index in [-0.39, 0.29) is 4.90 Å². The molecule has 5 nitrogen and oxygen atoms in total. The third-order valence-electron chi connectivity index (χ3n) is 4.28. The summed E-state index contributed by atoms with van der Waals surface area (Å²) in [6.45, 7) is 3.60. The van der Waals surface area contributed by atoms with E-state index in [2.05, 4.69) is 4.72 Å². The summed E-state index contributed by atoms with van der Waals surface area (Å²) >= 11 is 0. The van der Waals surface area contributed by atoms with Crippen molar-refractivity contribution in [3.05, 3.63) is 77.9 Å². The predicted octanol–water partition coefficient (Wildman–Crippen LogP) is 4.91. The topological polar surface area (TPSA) is 64.6 Å². The molecular formula is C21H21NO4S. The molecule has 6 heteroatoms. The molecule has 0 bridgehead atoms. The average molecular weight is 383 g/mol. The maximum Gasteiger partial charge on any atom is 0.262 e. The molecule has 3 aromatic rings. The monoisotopic (exact) mass is 383 g/mol. The Morgan fingerprint density at radius 1 is 0.778 bits per heavy atom. The molecule has 140 valence electrons. The fraction of sp³-hybridized carbons (Fsp3) is 0.143. The van der Waals surface area contributed by atoms with Gasteiger partial charge in [0.05, 0.1) is 12.0 Å². The zero-order valence-corrected chi connectivity index (χ0v) is 16.2. The molecule has 3 rings (SSSR count). The highest BCUT2D eigenvalue weighted by atomic mass is 32.2. The van der Waals surface area contributed by atoms with E-state index in [9.17, 15) is 8.42 Å². The van der Waals surface area contributed by atoms with Crippen LogP contribution >= 0.6 is 0 Å². The minimum atomic E-state index is -3.71. The fourth-order valence-corrected chi connectivity index (χ4v) is 4.07. The second-order valence-corrected chi connectivity index (χ2v) is 7.71. The Morgan fingerprint density at radius 2 is 1.41 bits per heavy atom. The Hall–Kier alpha value is -2.99. The van der Waals surface area contributed by atoms with Crippen molar-refractivity contribution in [3.8, 4) is 17.2 Å². The number of sulfonamides is 1. The summed E-state index contributed by atoms with van der Waals surface area (Å²) in [5.41, 5.74) is 1.92. The van der Waals surface area contributed by atoms with Gasteiger partial charge in [-0.2, -0.15) is 0 Å². The quantitative estimate of drug-likeness (QED) is 0.657. The van der Waals surface area contributed by atoms with Gasteiger partial charge in [-0.1, -0.05) is 18.2 Å². The molecule has 0 heterocycles. The summed E-state index contributed by atoms with van der Waals surface area (Å²) in [4.78, 5) is 0.227. The van der Waals surface area contributed by atoms with Crippen LogP contribution in [0, 0.1) is 13.8 Å². The van der Waals surface area contributed by atoms with Crippen molar-refractivity contribution < 1.29 is 17.9 Å². The van der Waals surface area contributed by atoms with Crippen molar-refractivity contribution in [1.82, 2.24) is 0 Å². The molecule has 0 aromatic heterocycles. The van der Waals surface area contributed by atoms with E-state index in [0.717, 1.165) is 11.3 Å². The number of ether oxygens (including phenoxy) is 2. The lowest BCUT2D eigenvalue weighted by Gasteiger charge is -2.14. The molecule has 27 heavy (non-hydrogen) atoms. The van der Waals surface area contributed by atoms with Gasteiger partial charge < -0.3 is 9.47 Å². The van der Waals surface area contributed by atoms with Gasteiger partial charge in [-0.3, -0.25) is 4.72 Å². The van der Waals surface area contributed by atoms with Gasteiger partial charge >= 0.3 is 0 Å². The molecule has 0 saturated carbocycles. The van der Waals surface area contributed by atoms with Gasteiger partial charge in [0.1, 0.15) is 17.2 Å². The first-order valence-corrected chi connectivity index (χ1v) is 9.89. The average Bonchev–Trinajstić information content (AvgIpc) is 2.66. The number of hydrogen-bond donors (Lipinski definition) is 1. The van der Waals surface area contributed by atoms with Crippen molar-refractivity contribution >= 4 is 15.7 Å². The van der Waals surface area contributed by atoms with Crippen LogP contribution in [0.4, 0.5) is 5.69 Å². The standard InChI is InChI=1S/C21H21NO4S/c1-15-16(2)21(14-13-20(15)25-3)27(23,24)22-17-9-11-19(12-10-17)26-18-7-5-4-6-8-18/h4-14,22H,1-3H3. The first kappa shape index (κ1) is 18.8. The summed E-state index contributed by atoms with van der Waals surface area (Å²) in [6, 6.07) is 19.4. The predicted molar refractivity (Wildman–Crippen MR) is 106 cm³/mol. The van der Waals surface area contributed by atoms with Crippen molar-refractivity contribution in [2.75, 3.05) is 11.8 Å². The summed E-state index contributed by atoms with van der Waals surface area (Å²) in [5, 5.41) is 0. The van der Waals surface area contributed by atoms with E-state index >= 15 is 0 Å². The van der Waals surface area contributed by atoms with Crippen LogP contribution in [0.5, 0.6) is 17.2 Å². The van der Waals surface area contributed by atoms with Crippen molar-refractivity contribution in [2.45, 2.75) is 18.7 Å². The summed E-state index contributed by atoms with van der Waals surface area (Å²) in [5.74, 6) is 2.00. The van der Waals surface area contributed by atoms with Crippen LogP contribution in [-0.4, -0.2) is 15.5 Å². The lowest BCUT2D eigenvalue weighted by molar-refractivity contribution is 0.411. The molecule has 0 aliphatic heterocycles. The molecule has 0 saturated heterocycles. The highest BCUT2D eigenvalue weighted by molar-refractivity contribution is 7.92. The first-order chi connectivity index (χ1) is 12.9. The van der Waals surface area contributed by atoms with Gasteiger partial charge in [0.2, 0.25) is 0 Å². The fourth-order valence-electron chi connectivity index (χ4n) is 2.71. The number of benzene rings is 3. The van der Waals surface area contributed by atoms with E-state index in [0.29, 0.717) is 22.7 Å². The molecule has 0 spiro atoms. The molecule has 0 unspecified atom stereocenters. The van der Waals surface area contributed by atoms with Gasteiger partial charge in [-0.25, -0.2) is 8.42 Å². The lowest BCUT2D eigenvalue weighted by atomic mass is 10.1. The Bertz CT molecular complexity index is 1030. The minimum Gasteiger partial charge on any atom is -0.496 e. The molecule has 0 atom stereocenters. The largest absolute Gasteiger partial charge is 0.496 e. The van der Waals surface area contributed by atoms with Crippen LogP contribution in [0.15, 0.2) is 71.6 Å². The molecule has 1 N–H and O–H groups in total. The molecule has 0 aliphatic rings. The molecule has 0 radical (unpaired) electrons. The lowest BCUT2D eigenvalue weighted by Crippen LogP contribution is -2.15. The highest BCUT2D eigenvalue weighted by Gasteiger charge is 2.19. The summed E-state index contributed by atoms with van der Waals surface area (Å²) in [6.07, 6.45) is 0. The molecule has 0 amide bonds. The van der Waals surface area contributed by atoms with Crippen LogP contribution in [0.3, 0.4) is 0 Å². The van der Waals surface area contributed by atoms with E-state index in [1.54, 1.807) is 50.4 Å². The molecule has 0 fully saturated rings. The second kappa shape index (κ2) is 7.72. The summed E-state index contributed by atoms with van der Waals surface area (Å²) in [7, 11) is -2.15. The number of rotatable bonds is 6. The Labute approximate surface area is 159 Å². The Kier molecular flexibility index (Phi) is 5.37. The Balaban J connectivity index is 1.79. The van der Waals surface area contributed by atoms with Gasteiger partial charge in [0.25, 0.3) is 10.0 Å². The number of methoxy groups -OCH3 is 1. The van der Waals surface area contributed by atoms with Gasteiger partial charge in [-0.05, 0) is 73.5 Å². The van der Waals surface area contributed by atoms with E-state index in [1.165, 1.54) is 0 Å². The van der Waals surface area contributed by atoms with Crippen molar-refractivity contribution in [2.24, 2.45) is 0 Å². The summed E-state index contributed by atoms with van der Waals surface area (Å²) < 4.78 is 39.1. The van der Waals surface area contributed by atoms with E-state index in [4.69, 9.17) is 9.47 Å². The van der Waals surface area contributed by atoms with Crippen LogP contribution in [0.2, 0.25) is 0 Å². The van der Waals surface area contributed by atoms with E-state index < -0.39 is 10.0 Å². The zero-order chi connectivity index (χ0) is 19.4.